The first kappa shape index (κ1) is 27.7. The minimum atomic E-state index is -0.0357. The maximum absolute atomic E-state index is 11.1. The van der Waals surface area contributed by atoms with Crippen molar-refractivity contribution in [1.82, 2.24) is 10.6 Å². The number of methoxy groups -OCH3 is 1. The number of para-hydroxylation sites is 1. The molecule has 6 heteroatoms. The first-order chi connectivity index (χ1) is 19.0. The summed E-state index contributed by atoms with van der Waals surface area (Å²) in [5.74, 6) is 2.24. The van der Waals surface area contributed by atoms with Crippen LogP contribution in [-0.4, -0.2) is 26.1 Å². The number of rotatable bonds is 13. The van der Waals surface area contributed by atoms with Gasteiger partial charge in [0, 0.05) is 49.3 Å². The van der Waals surface area contributed by atoms with Crippen LogP contribution in [0, 0.1) is 6.92 Å². The van der Waals surface area contributed by atoms with Crippen LogP contribution in [0.3, 0.4) is 0 Å². The lowest BCUT2D eigenvalue weighted by Crippen LogP contribution is -2.30. The van der Waals surface area contributed by atoms with Crippen LogP contribution in [0.15, 0.2) is 91.0 Å². The Labute approximate surface area is 230 Å². The second kappa shape index (κ2) is 14.0. The zero-order valence-electron chi connectivity index (χ0n) is 22.8. The van der Waals surface area contributed by atoms with Crippen molar-refractivity contribution in [3.05, 3.63) is 113 Å². The number of ether oxygens (including phenoxy) is 3. The lowest BCUT2D eigenvalue weighted by Gasteiger charge is -2.17. The first-order valence-corrected chi connectivity index (χ1v) is 13.1. The molecule has 0 bridgehead atoms. The maximum Gasteiger partial charge on any atom is 0.216 e. The molecule has 0 aliphatic carbocycles. The van der Waals surface area contributed by atoms with Gasteiger partial charge in [-0.25, -0.2) is 0 Å². The number of amides is 1. The van der Waals surface area contributed by atoms with E-state index < -0.39 is 0 Å². The van der Waals surface area contributed by atoms with E-state index in [0.29, 0.717) is 38.6 Å². The molecule has 0 atom stereocenters. The Morgan fingerprint density at radius 2 is 1.62 bits per heavy atom. The summed E-state index contributed by atoms with van der Waals surface area (Å²) >= 11 is 0. The Bertz CT molecular complexity index is 1370. The zero-order chi connectivity index (χ0) is 27.5. The first-order valence-electron chi connectivity index (χ1n) is 13.1. The summed E-state index contributed by atoms with van der Waals surface area (Å²) in [6.45, 7) is 6.24. The van der Waals surface area contributed by atoms with Crippen molar-refractivity contribution in [3.63, 3.8) is 0 Å². The van der Waals surface area contributed by atoms with E-state index in [0.717, 1.165) is 39.3 Å². The summed E-state index contributed by atoms with van der Waals surface area (Å²) in [6, 6.07) is 30.5. The highest BCUT2D eigenvalue weighted by Gasteiger charge is 2.13. The lowest BCUT2D eigenvalue weighted by molar-refractivity contribution is -0.118. The minimum Gasteiger partial charge on any atom is -0.496 e. The average molecular weight is 525 g/mol. The van der Waals surface area contributed by atoms with Gasteiger partial charge in [-0.05, 0) is 24.1 Å². The molecule has 0 aliphatic heterocycles. The van der Waals surface area contributed by atoms with E-state index >= 15 is 0 Å². The van der Waals surface area contributed by atoms with Gasteiger partial charge in [-0.1, -0.05) is 84.4 Å². The number of carbonyl (C=O) groups is 1. The van der Waals surface area contributed by atoms with Gasteiger partial charge in [0.1, 0.15) is 30.5 Å². The van der Waals surface area contributed by atoms with Crippen LogP contribution >= 0.6 is 0 Å². The van der Waals surface area contributed by atoms with Gasteiger partial charge in [-0.2, -0.15) is 0 Å². The topological polar surface area (TPSA) is 68.8 Å². The van der Waals surface area contributed by atoms with Gasteiger partial charge in [0.2, 0.25) is 5.91 Å². The molecule has 0 saturated carbocycles. The molecule has 39 heavy (non-hydrogen) atoms. The molecular formula is C33H36N2O4. The third kappa shape index (κ3) is 8.09. The van der Waals surface area contributed by atoms with Crippen molar-refractivity contribution in [3.8, 4) is 28.4 Å². The molecule has 202 valence electrons. The number of benzene rings is 4. The normalized spacial score (nSPS) is 10.6. The minimum absolute atomic E-state index is 0.0357. The van der Waals surface area contributed by atoms with Crippen LogP contribution in [0.1, 0.15) is 29.2 Å². The molecule has 0 fully saturated rings. The third-order valence-corrected chi connectivity index (χ3v) is 6.29. The van der Waals surface area contributed by atoms with Gasteiger partial charge in [-0.3, -0.25) is 4.79 Å². The van der Waals surface area contributed by atoms with E-state index in [4.69, 9.17) is 14.2 Å². The predicted octanol–water partition coefficient (Wildman–Crippen LogP) is 6.05. The fourth-order valence-electron chi connectivity index (χ4n) is 4.36. The van der Waals surface area contributed by atoms with Crippen molar-refractivity contribution in [1.29, 1.82) is 0 Å². The number of hydrogen-bond donors (Lipinski definition) is 2. The summed E-state index contributed by atoms with van der Waals surface area (Å²) in [5.41, 5.74) is 6.40. The Balaban J connectivity index is 1.49. The van der Waals surface area contributed by atoms with Gasteiger partial charge >= 0.3 is 0 Å². The van der Waals surface area contributed by atoms with Crippen molar-refractivity contribution in [2.24, 2.45) is 0 Å². The molecule has 6 nitrogen and oxygen atoms in total. The van der Waals surface area contributed by atoms with Crippen LogP contribution in [0.25, 0.3) is 11.1 Å². The smallest absolute Gasteiger partial charge is 0.216 e. The largest absolute Gasteiger partial charge is 0.496 e. The summed E-state index contributed by atoms with van der Waals surface area (Å²) in [7, 11) is 1.69. The standard InChI is InChI=1S/C33H36N2O4/c1-24-9-7-10-26(19-24)22-39-32-20-30(16-15-28(32)21-34-17-18-35-25(2)36)38-23-29-13-8-14-31(33(29)37-3)27-11-5-4-6-12-27/h4-16,19-20,34H,17-18,21-23H2,1-3H3,(H,35,36). The second-order valence-corrected chi connectivity index (χ2v) is 9.36. The zero-order valence-corrected chi connectivity index (χ0v) is 22.8. The molecule has 0 aromatic heterocycles. The molecule has 1 amide bonds. The van der Waals surface area contributed by atoms with E-state index in [1.165, 1.54) is 12.5 Å². The number of hydrogen-bond acceptors (Lipinski definition) is 5. The summed E-state index contributed by atoms with van der Waals surface area (Å²) < 4.78 is 18.3. The van der Waals surface area contributed by atoms with E-state index in [-0.39, 0.29) is 5.91 Å². The molecule has 4 rings (SSSR count). The molecule has 0 radical (unpaired) electrons. The van der Waals surface area contributed by atoms with Crippen LogP contribution in [0.2, 0.25) is 0 Å². The van der Waals surface area contributed by atoms with Gasteiger partial charge in [-0.15, -0.1) is 0 Å². The molecule has 0 spiro atoms. The van der Waals surface area contributed by atoms with Gasteiger partial charge in [0.05, 0.1) is 7.11 Å². The fourth-order valence-corrected chi connectivity index (χ4v) is 4.36. The van der Waals surface area contributed by atoms with Crippen molar-refractivity contribution in [2.45, 2.75) is 33.6 Å². The quantitative estimate of drug-likeness (QED) is 0.208. The number of aryl methyl sites for hydroxylation is 1. The van der Waals surface area contributed by atoms with Crippen LogP contribution < -0.4 is 24.8 Å². The predicted molar refractivity (Wildman–Crippen MR) is 155 cm³/mol. The van der Waals surface area contributed by atoms with Crippen LogP contribution in [0.5, 0.6) is 17.2 Å². The second-order valence-electron chi connectivity index (χ2n) is 9.36. The van der Waals surface area contributed by atoms with E-state index in [9.17, 15) is 4.79 Å². The van der Waals surface area contributed by atoms with E-state index in [1.807, 2.05) is 54.6 Å². The van der Waals surface area contributed by atoms with Crippen LogP contribution in [-0.2, 0) is 24.6 Å². The van der Waals surface area contributed by atoms with Crippen LogP contribution in [0.4, 0.5) is 0 Å². The van der Waals surface area contributed by atoms with E-state index in [1.54, 1.807) is 7.11 Å². The molecule has 2 N–H and O–H groups in total. The monoisotopic (exact) mass is 524 g/mol. The molecule has 0 heterocycles. The molecule has 4 aromatic rings. The van der Waals surface area contributed by atoms with Gasteiger partial charge in [0.25, 0.3) is 0 Å². The molecular weight excluding hydrogens is 488 g/mol. The molecule has 0 unspecified atom stereocenters. The summed E-state index contributed by atoms with van der Waals surface area (Å²) in [4.78, 5) is 11.1. The average Bonchev–Trinajstić information content (AvgIpc) is 2.95. The third-order valence-electron chi connectivity index (χ3n) is 6.29. The van der Waals surface area contributed by atoms with Crippen molar-refractivity contribution >= 4 is 5.91 Å². The van der Waals surface area contributed by atoms with Gasteiger partial charge in [0.15, 0.2) is 0 Å². The van der Waals surface area contributed by atoms with Gasteiger partial charge < -0.3 is 24.8 Å². The fraction of sp³-hybridized carbons (Fsp3) is 0.242. The lowest BCUT2D eigenvalue weighted by atomic mass is 10.0. The summed E-state index contributed by atoms with van der Waals surface area (Å²) in [6.07, 6.45) is 0. The highest BCUT2D eigenvalue weighted by Crippen LogP contribution is 2.34. The van der Waals surface area contributed by atoms with Crippen molar-refractivity contribution in [2.75, 3.05) is 20.2 Å². The summed E-state index contributed by atoms with van der Waals surface area (Å²) in [5, 5.41) is 6.17. The maximum atomic E-state index is 11.1. The van der Waals surface area contributed by atoms with Crippen molar-refractivity contribution < 1.29 is 19.0 Å². The number of nitrogens with one attached hydrogen (secondary N) is 2. The molecule has 0 aliphatic rings. The highest BCUT2D eigenvalue weighted by atomic mass is 16.5. The SMILES string of the molecule is COc1c(COc2ccc(CNCCNC(C)=O)c(OCc3cccc(C)c3)c2)cccc1-c1ccccc1. The molecule has 4 aromatic carbocycles. The Hall–Kier alpha value is -4.29. The number of carbonyl (C=O) groups excluding carboxylic acids is 1. The van der Waals surface area contributed by atoms with E-state index in [2.05, 4.69) is 54.0 Å². The Kier molecular flexibility index (Phi) is 9.98. The Morgan fingerprint density at radius 3 is 2.38 bits per heavy atom. The Morgan fingerprint density at radius 1 is 0.795 bits per heavy atom. The highest BCUT2D eigenvalue weighted by molar-refractivity contribution is 5.73. The molecule has 0 saturated heterocycles.